The minimum Gasteiger partial charge on any atom is -0.326 e. The van der Waals surface area contributed by atoms with E-state index in [1.54, 1.807) is 16.7 Å². The Morgan fingerprint density at radius 1 is 0.971 bits per heavy atom. The molecule has 176 valence electrons. The first kappa shape index (κ1) is 22.8. The van der Waals surface area contributed by atoms with Crippen LogP contribution in [0.1, 0.15) is 28.9 Å². The summed E-state index contributed by atoms with van der Waals surface area (Å²) >= 11 is 6.37. The number of halogens is 1. The van der Waals surface area contributed by atoms with Crippen LogP contribution in [0, 0.1) is 13.8 Å². The van der Waals surface area contributed by atoms with Crippen molar-refractivity contribution in [2.75, 3.05) is 5.32 Å². The number of para-hydroxylation sites is 1. The quantitative estimate of drug-likeness (QED) is 0.369. The van der Waals surface area contributed by atoms with Crippen LogP contribution in [0.4, 0.5) is 5.69 Å². The van der Waals surface area contributed by atoms with Crippen molar-refractivity contribution >= 4 is 39.9 Å². The molecule has 1 amide bonds. The molecule has 1 N–H and O–H groups in total. The van der Waals surface area contributed by atoms with Crippen molar-refractivity contribution in [2.24, 2.45) is 0 Å². The summed E-state index contributed by atoms with van der Waals surface area (Å²) < 4.78 is 3.44. The van der Waals surface area contributed by atoms with Crippen LogP contribution in [-0.2, 0) is 17.8 Å². The maximum atomic E-state index is 13.4. The van der Waals surface area contributed by atoms with E-state index in [0.717, 1.165) is 16.8 Å². The number of hydrogen-bond donors (Lipinski definition) is 1. The standard InChI is InChI=1S/C27H24ClN5O2/c1-17-11-12-20(15-18(17)2)29-25(34)14-13-24-30-31-27-32(16-19-7-3-5-9-22(19)28)26(35)21-8-4-6-10-23(21)33(24)27/h3-12,15H,13-14,16H2,1-2H3,(H,29,34). The molecule has 2 aromatic heterocycles. The van der Waals surface area contributed by atoms with Crippen molar-refractivity contribution in [1.29, 1.82) is 0 Å². The van der Waals surface area contributed by atoms with Crippen molar-refractivity contribution in [3.63, 3.8) is 0 Å². The second-order valence-electron chi connectivity index (χ2n) is 8.60. The molecule has 2 heterocycles. The lowest BCUT2D eigenvalue weighted by atomic mass is 10.1. The lowest BCUT2D eigenvalue weighted by molar-refractivity contribution is -0.116. The zero-order chi connectivity index (χ0) is 24.5. The molecule has 0 bridgehead atoms. The van der Waals surface area contributed by atoms with E-state index in [4.69, 9.17) is 11.6 Å². The average Bonchev–Trinajstić information content (AvgIpc) is 3.28. The molecule has 8 heteroatoms. The van der Waals surface area contributed by atoms with E-state index in [-0.39, 0.29) is 24.4 Å². The zero-order valence-electron chi connectivity index (χ0n) is 19.5. The Bertz CT molecular complexity index is 1640. The van der Waals surface area contributed by atoms with E-state index >= 15 is 0 Å². The second kappa shape index (κ2) is 9.35. The molecule has 35 heavy (non-hydrogen) atoms. The van der Waals surface area contributed by atoms with Gasteiger partial charge in [-0.1, -0.05) is 48.0 Å². The lowest BCUT2D eigenvalue weighted by Crippen LogP contribution is -2.24. The number of nitrogens with zero attached hydrogens (tertiary/aromatic N) is 4. The van der Waals surface area contributed by atoms with Gasteiger partial charge in [0.05, 0.1) is 17.4 Å². The first-order valence-electron chi connectivity index (χ1n) is 11.4. The Kier molecular flexibility index (Phi) is 6.09. The van der Waals surface area contributed by atoms with Crippen molar-refractivity contribution < 1.29 is 4.79 Å². The minimum atomic E-state index is -0.167. The Morgan fingerprint density at radius 2 is 1.74 bits per heavy atom. The molecule has 0 aliphatic heterocycles. The highest BCUT2D eigenvalue weighted by Gasteiger charge is 2.18. The predicted molar refractivity (Wildman–Crippen MR) is 138 cm³/mol. The largest absolute Gasteiger partial charge is 0.326 e. The monoisotopic (exact) mass is 485 g/mol. The summed E-state index contributed by atoms with van der Waals surface area (Å²) in [6.45, 7) is 4.31. The van der Waals surface area contributed by atoms with Gasteiger partial charge in [-0.2, -0.15) is 0 Å². The molecule has 0 saturated carbocycles. The van der Waals surface area contributed by atoms with Crippen LogP contribution >= 0.6 is 11.6 Å². The third-order valence-corrected chi connectivity index (χ3v) is 6.60. The van der Waals surface area contributed by atoms with Crippen LogP contribution in [0.3, 0.4) is 0 Å². The third-order valence-electron chi connectivity index (χ3n) is 6.23. The molecule has 0 unspecified atom stereocenters. The van der Waals surface area contributed by atoms with E-state index in [0.29, 0.717) is 33.9 Å². The summed E-state index contributed by atoms with van der Waals surface area (Å²) in [5.74, 6) is 0.913. The molecule has 0 aliphatic carbocycles. The number of nitrogens with one attached hydrogen (secondary N) is 1. The van der Waals surface area contributed by atoms with Gasteiger partial charge in [-0.15, -0.1) is 10.2 Å². The molecule has 0 radical (unpaired) electrons. The molecule has 0 spiro atoms. The highest BCUT2D eigenvalue weighted by molar-refractivity contribution is 6.31. The first-order chi connectivity index (χ1) is 16.9. The summed E-state index contributed by atoms with van der Waals surface area (Å²) in [5, 5.41) is 12.8. The maximum Gasteiger partial charge on any atom is 0.263 e. The normalized spacial score (nSPS) is 11.3. The SMILES string of the molecule is Cc1ccc(NC(=O)CCc2nnc3n(Cc4ccccc4Cl)c(=O)c4ccccc4n23)cc1C. The summed E-state index contributed by atoms with van der Waals surface area (Å²) in [6, 6.07) is 20.6. The van der Waals surface area contributed by atoms with Gasteiger partial charge < -0.3 is 5.32 Å². The van der Waals surface area contributed by atoms with Gasteiger partial charge in [0.1, 0.15) is 5.82 Å². The number of rotatable bonds is 6. The summed E-state index contributed by atoms with van der Waals surface area (Å²) in [7, 11) is 0. The smallest absolute Gasteiger partial charge is 0.263 e. The number of carbonyl (C=O) groups is 1. The van der Waals surface area contributed by atoms with Crippen molar-refractivity contribution in [3.05, 3.63) is 105 Å². The average molecular weight is 486 g/mol. The highest BCUT2D eigenvalue weighted by atomic mass is 35.5. The highest BCUT2D eigenvalue weighted by Crippen LogP contribution is 2.20. The fraction of sp³-hybridized carbons (Fsp3) is 0.185. The van der Waals surface area contributed by atoms with E-state index < -0.39 is 0 Å². The number of benzene rings is 3. The van der Waals surface area contributed by atoms with Gasteiger partial charge in [0, 0.05) is 23.6 Å². The van der Waals surface area contributed by atoms with Crippen LogP contribution in [0.15, 0.2) is 71.5 Å². The first-order valence-corrected chi connectivity index (χ1v) is 11.8. The molecule has 5 rings (SSSR count). The summed E-state index contributed by atoms with van der Waals surface area (Å²) in [5.41, 5.74) is 4.41. The number of fused-ring (bicyclic) bond motifs is 3. The molecular formula is C27H24ClN5O2. The Morgan fingerprint density at radius 3 is 2.54 bits per heavy atom. The van der Waals surface area contributed by atoms with Crippen LogP contribution < -0.4 is 10.9 Å². The summed E-state index contributed by atoms with van der Waals surface area (Å²) in [4.78, 5) is 26.0. The molecule has 0 aliphatic rings. The van der Waals surface area contributed by atoms with Gasteiger partial charge >= 0.3 is 0 Å². The predicted octanol–water partition coefficient (Wildman–Crippen LogP) is 4.93. The Balaban J connectivity index is 1.49. The molecule has 0 saturated heterocycles. The summed E-state index contributed by atoms with van der Waals surface area (Å²) in [6.07, 6.45) is 0.595. The fourth-order valence-corrected chi connectivity index (χ4v) is 4.38. The van der Waals surface area contributed by atoms with Crippen molar-refractivity contribution in [1.82, 2.24) is 19.2 Å². The Hall–Kier alpha value is -3.97. The van der Waals surface area contributed by atoms with Crippen LogP contribution in [-0.4, -0.2) is 25.1 Å². The lowest BCUT2D eigenvalue weighted by Gasteiger charge is -2.12. The van der Waals surface area contributed by atoms with Crippen LogP contribution in [0.5, 0.6) is 0 Å². The molecule has 3 aromatic carbocycles. The van der Waals surface area contributed by atoms with Gasteiger partial charge in [0.25, 0.3) is 5.56 Å². The van der Waals surface area contributed by atoms with Crippen LogP contribution in [0.2, 0.25) is 5.02 Å². The topological polar surface area (TPSA) is 81.3 Å². The van der Waals surface area contributed by atoms with Gasteiger partial charge in [0.15, 0.2) is 0 Å². The number of aromatic nitrogens is 4. The van der Waals surface area contributed by atoms with Crippen LogP contribution in [0.25, 0.3) is 16.7 Å². The second-order valence-corrected chi connectivity index (χ2v) is 9.01. The minimum absolute atomic E-state index is 0.112. The number of anilines is 1. The van der Waals surface area contributed by atoms with E-state index in [2.05, 4.69) is 15.5 Å². The number of aryl methyl sites for hydroxylation is 3. The van der Waals surface area contributed by atoms with E-state index in [1.807, 2.05) is 72.8 Å². The third kappa shape index (κ3) is 4.42. The maximum absolute atomic E-state index is 13.4. The number of amides is 1. The zero-order valence-corrected chi connectivity index (χ0v) is 20.2. The van der Waals surface area contributed by atoms with E-state index in [9.17, 15) is 9.59 Å². The fourth-order valence-electron chi connectivity index (χ4n) is 4.18. The molecule has 0 fully saturated rings. The van der Waals surface area contributed by atoms with Crippen molar-refractivity contribution in [3.8, 4) is 0 Å². The molecule has 0 atom stereocenters. The number of carbonyl (C=O) groups excluding carboxylic acids is 1. The van der Waals surface area contributed by atoms with Crippen molar-refractivity contribution in [2.45, 2.75) is 33.2 Å². The van der Waals surface area contributed by atoms with Gasteiger partial charge in [-0.25, -0.2) is 0 Å². The van der Waals surface area contributed by atoms with Gasteiger partial charge in [-0.3, -0.25) is 18.6 Å². The Labute approximate surface area is 207 Å². The molecule has 7 nitrogen and oxygen atoms in total. The number of hydrogen-bond acceptors (Lipinski definition) is 4. The molecule has 5 aromatic rings. The van der Waals surface area contributed by atoms with Gasteiger partial charge in [0.2, 0.25) is 11.7 Å². The van der Waals surface area contributed by atoms with Gasteiger partial charge in [-0.05, 0) is 60.9 Å². The van der Waals surface area contributed by atoms with E-state index in [1.165, 1.54) is 5.56 Å². The molecular weight excluding hydrogens is 462 g/mol.